The summed E-state index contributed by atoms with van der Waals surface area (Å²) in [6.07, 6.45) is 3.50. The van der Waals surface area contributed by atoms with Gasteiger partial charge in [0.25, 0.3) is 11.5 Å². The van der Waals surface area contributed by atoms with Crippen molar-refractivity contribution in [1.29, 1.82) is 0 Å². The molecule has 1 aromatic carbocycles. The molecule has 130 valence electrons. The molecule has 25 heavy (non-hydrogen) atoms. The van der Waals surface area contributed by atoms with Crippen LogP contribution in [-0.2, 0) is 0 Å². The molecule has 0 saturated carbocycles. The molecule has 1 aliphatic heterocycles. The Bertz CT molecular complexity index is 1000. The molecule has 0 radical (unpaired) electrons. The summed E-state index contributed by atoms with van der Waals surface area (Å²) < 4.78 is 16.0. The Balaban J connectivity index is 1.51. The molecule has 1 amide bonds. The third-order valence-electron chi connectivity index (χ3n) is 4.74. The van der Waals surface area contributed by atoms with Crippen LogP contribution in [0.3, 0.4) is 0 Å². The molecule has 8 heteroatoms. The van der Waals surface area contributed by atoms with Gasteiger partial charge in [-0.05, 0) is 42.5 Å². The first-order valence-corrected chi connectivity index (χ1v) is 9.17. The molecule has 0 bridgehead atoms. The van der Waals surface area contributed by atoms with Crippen molar-refractivity contribution >= 4 is 39.9 Å². The van der Waals surface area contributed by atoms with Gasteiger partial charge in [0.2, 0.25) is 0 Å². The third kappa shape index (κ3) is 2.87. The number of halogens is 2. The molecule has 5 nitrogen and oxygen atoms in total. The SMILES string of the molecule is O=C(c1s[nH]c(=O)c1Cl)N1CCC(c2c[nH]c3ccc(F)cc23)CC1. The fourth-order valence-corrected chi connectivity index (χ4v) is 4.41. The Labute approximate surface area is 151 Å². The summed E-state index contributed by atoms with van der Waals surface area (Å²) in [5, 5.41) is 0.862. The summed E-state index contributed by atoms with van der Waals surface area (Å²) in [4.78, 5) is 29.1. The van der Waals surface area contributed by atoms with Crippen molar-refractivity contribution in [2.45, 2.75) is 18.8 Å². The Morgan fingerprint density at radius 3 is 2.76 bits per heavy atom. The minimum atomic E-state index is -0.425. The number of nitrogens with one attached hydrogen (secondary N) is 2. The Morgan fingerprint density at radius 2 is 2.08 bits per heavy atom. The molecule has 3 heterocycles. The minimum Gasteiger partial charge on any atom is -0.361 e. The maximum atomic E-state index is 13.6. The number of piperidine rings is 1. The first-order chi connectivity index (χ1) is 12.0. The summed E-state index contributed by atoms with van der Waals surface area (Å²) in [7, 11) is 0. The second-order valence-corrected chi connectivity index (χ2v) is 7.37. The van der Waals surface area contributed by atoms with Crippen molar-refractivity contribution in [3.05, 3.63) is 56.0 Å². The van der Waals surface area contributed by atoms with Gasteiger partial charge in [-0.2, -0.15) is 0 Å². The van der Waals surface area contributed by atoms with E-state index in [9.17, 15) is 14.0 Å². The van der Waals surface area contributed by atoms with E-state index in [0.29, 0.717) is 13.1 Å². The normalized spacial score (nSPS) is 15.8. The average molecular weight is 380 g/mol. The second kappa shape index (κ2) is 6.31. The van der Waals surface area contributed by atoms with E-state index < -0.39 is 5.56 Å². The van der Waals surface area contributed by atoms with Crippen molar-refractivity contribution in [1.82, 2.24) is 14.3 Å². The van der Waals surface area contributed by atoms with Gasteiger partial charge in [-0.3, -0.25) is 14.0 Å². The quantitative estimate of drug-likeness (QED) is 0.712. The number of aromatic nitrogens is 2. The van der Waals surface area contributed by atoms with Gasteiger partial charge in [0.15, 0.2) is 0 Å². The third-order valence-corrected chi connectivity index (χ3v) is 6.08. The zero-order valence-corrected chi connectivity index (χ0v) is 14.7. The maximum absolute atomic E-state index is 13.6. The number of H-pyrrole nitrogens is 2. The second-order valence-electron chi connectivity index (χ2n) is 6.18. The summed E-state index contributed by atoms with van der Waals surface area (Å²) >= 11 is 6.87. The van der Waals surface area contributed by atoms with Crippen LogP contribution >= 0.6 is 23.1 Å². The van der Waals surface area contributed by atoms with Crippen LogP contribution in [0.4, 0.5) is 4.39 Å². The molecule has 1 fully saturated rings. The Hall–Kier alpha value is -2.12. The van der Waals surface area contributed by atoms with Gasteiger partial charge in [-0.25, -0.2) is 4.39 Å². The van der Waals surface area contributed by atoms with E-state index in [1.165, 1.54) is 6.07 Å². The Kier molecular flexibility index (Phi) is 4.13. The number of benzene rings is 1. The fourth-order valence-electron chi connectivity index (χ4n) is 3.42. The van der Waals surface area contributed by atoms with Crippen LogP contribution in [0, 0.1) is 5.82 Å². The van der Waals surface area contributed by atoms with Crippen molar-refractivity contribution in [2.75, 3.05) is 13.1 Å². The van der Waals surface area contributed by atoms with Crippen molar-refractivity contribution < 1.29 is 9.18 Å². The number of hydrogen-bond donors (Lipinski definition) is 2. The zero-order valence-electron chi connectivity index (χ0n) is 13.1. The van der Waals surface area contributed by atoms with Crippen LogP contribution in [-0.4, -0.2) is 33.3 Å². The molecule has 0 atom stereocenters. The lowest BCUT2D eigenvalue weighted by Gasteiger charge is -2.31. The van der Waals surface area contributed by atoms with E-state index in [1.807, 2.05) is 6.20 Å². The highest BCUT2D eigenvalue weighted by Gasteiger charge is 2.28. The van der Waals surface area contributed by atoms with E-state index in [-0.39, 0.29) is 27.5 Å². The highest BCUT2D eigenvalue weighted by molar-refractivity contribution is 7.08. The highest BCUT2D eigenvalue weighted by atomic mass is 35.5. The molecule has 0 aliphatic carbocycles. The zero-order chi connectivity index (χ0) is 17.6. The molecule has 1 saturated heterocycles. The van der Waals surface area contributed by atoms with E-state index in [0.717, 1.165) is 40.8 Å². The summed E-state index contributed by atoms with van der Waals surface area (Å²) in [6, 6.07) is 4.73. The van der Waals surface area contributed by atoms with Gasteiger partial charge in [0, 0.05) is 30.2 Å². The number of carbonyl (C=O) groups excluding carboxylic acids is 1. The van der Waals surface area contributed by atoms with E-state index in [4.69, 9.17) is 11.6 Å². The van der Waals surface area contributed by atoms with Crippen LogP contribution in [0.1, 0.15) is 34.0 Å². The van der Waals surface area contributed by atoms with Gasteiger partial charge in [-0.1, -0.05) is 23.1 Å². The number of aromatic amines is 2. The number of nitrogens with zero attached hydrogens (tertiary/aromatic N) is 1. The van der Waals surface area contributed by atoms with Crippen LogP contribution in [0.15, 0.2) is 29.2 Å². The minimum absolute atomic E-state index is 0.0378. The molecule has 0 unspecified atom stereocenters. The number of amides is 1. The lowest BCUT2D eigenvalue weighted by molar-refractivity contribution is 0.0718. The average Bonchev–Trinajstić information content (AvgIpc) is 3.18. The molecule has 4 rings (SSSR count). The van der Waals surface area contributed by atoms with Crippen molar-refractivity contribution in [3.63, 3.8) is 0 Å². The van der Waals surface area contributed by atoms with Crippen molar-refractivity contribution in [2.24, 2.45) is 0 Å². The first-order valence-electron chi connectivity index (χ1n) is 7.97. The van der Waals surface area contributed by atoms with Gasteiger partial charge in [0.1, 0.15) is 15.7 Å². The molecule has 2 N–H and O–H groups in total. The largest absolute Gasteiger partial charge is 0.361 e. The van der Waals surface area contributed by atoms with Crippen LogP contribution in [0.25, 0.3) is 10.9 Å². The van der Waals surface area contributed by atoms with Crippen LogP contribution in [0.2, 0.25) is 5.02 Å². The standard InChI is InChI=1S/C17H15ClFN3O2S/c18-14-15(25-21-16(14)23)17(24)22-5-3-9(4-6-22)12-8-20-13-2-1-10(19)7-11(12)13/h1-2,7-9,20H,3-6H2,(H,21,23). The van der Waals surface area contributed by atoms with Crippen LogP contribution < -0.4 is 5.56 Å². The van der Waals surface area contributed by atoms with Gasteiger partial charge < -0.3 is 9.88 Å². The molecular weight excluding hydrogens is 365 g/mol. The molecule has 1 aliphatic rings. The van der Waals surface area contributed by atoms with Crippen LogP contribution in [0.5, 0.6) is 0 Å². The van der Waals surface area contributed by atoms with Gasteiger partial charge >= 0.3 is 0 Å². The molecule has 2 aromatic heterocycles. The smallest absolute Gasteiger partial charge is 0.277 e. The van der Waals surface area contributed by atoms with Crippen molar-refractivity contribution in [3.8, 4) is 0 Å². The number of fused-ring (bicyclic) bond motifs is 1. The monoisotopic (exact) mass is 379 g/mol. The van der Waals surface area contributed by atoms with E-state index in [2.05, 4.69) is 9.36 Å². The van der Waals surface area contributed by atoms with E-state index in [1.54, 1.807) is 17.0 Å². The number of carbonyl (C=O) groups is 1. The topological polar surface area (TPSA) is 69.0 Å². The highest BCUT2D eigenvalue weighted by Crippen LogP contribution is 2.34. The Morgan fingerprint density at radius 1 is 1.32 bits per heavy atom. The molecular formula is C17H15ClFN3O2S. The van der Waals surface area contributed by atoms with Gasteiger partial charge in [0.05, 0.1) is 0 Å². The van der Waals surface area contributed by atoms with Gasteiger partial charge in [-0.15, -0.1) is 0 Å². The maximum Gasteiger partial charge on any atom is 0.277 e. The fraction of sp³-hybridized carbons (Fsp3) is 0.294. The predicted octanol–water partition coefficient (Wildman–Crippen LogP) is 3.73. The summed E-state index contributed by atoms with van der Waals surface area (Å²) in [5.74, 6) is -0.199. The number of hydrogen-bond acceptors (Lipinski definition) is 3. The lowest BCUT2D eigenvalue weighted by Crippen LogP contribution is -2.37. The summed E-state index contributed by atoms with van der Waals surface area (Å²) in [6.45, 7) is 1.15. The lowest BCUT2D eigenvalue weighted by atomic mass is 9.89. The predicted molar refractivity (Wildman–Crippen MR) is 96.1 cm³/mol. The summed E-state index contributed by atoms with van der Waals surface area (Å²) in [5.41, 5.74) is 1.58. The first kappa shape index (κ1) is 16.4. The molecule has 0 spiro atoms. The molecule has 3 aromatic rings. The van der Waals surface area contributed by atoms with E-state index >= 15 is 0 Å². The number of rotatable bonds is 2. The number of likely N-dealkylation sites (tertiary alicyclic amines) is 1.